The summed E-state index contributed by atoms with van der Waals surface area (Å²) in [6.45, 7) is 7.41. The minimum atomic E-state index is -0.962. The van der Waals surface area contributed by atoms with Crippen LogP contribution in [0.1, 0.15) is 47.8 Å². The number of hydrogen-bond donors (Lipinski definition) is 2. The standard InChI is InChI=1S/C23H27NO6/c1-15-11-17(21(26)27)7-8-18(15)14-29-20-9-5-16(6-10-20)12-19(13-25)24-22(28)30-23(2,3)4/h5-11,13,19H,12,14H2,1-4H3,(H,24,28)(H,26,27). The maximum atomic E-state index is 11.8. The fourth-order valence-corrected chi connectivity index (χ4v) is 2.72. The Morgan fingerprint density at radius 2 is 1.80 bits per heavy atom. The Bertz CT molecular complexity index is 899. The number of alkyl carbamates (subject to hydrolysis) is 1. The van der Waals surface area contributed by atoms with Gasteiger partial charge < -0.3 is 24.7 Å². The van der Waals surface area contributed by atoms with E-state index in [0.29, 0.717) is 25.1 Å². The second-order valence-corrected chi connectivity index (χ2v) is 7.97. The quantitative estimate of drug-likeness (QED) is 0.636. The van der Waals surface area contributed by atoms with Gasteiger partial charge in [-0.2, -0.15) is 0 Å². The molecule has 2 rings (SSSR count). The second kappa shape index (κ2) is 9.91. The molecular weight excluding hydrogens is 386 g/mol. The monoisotopic (exact) mass is 413 g/mol. The van der Waals surface area contributed by atoms with Gasteiger partial charge in [0.2, 0.25) is 0 Å². The van der Waals surface area contributed by atoms with Crippen molar-refractivity contribution in [3.63, 3.8) is 0 Å². The summed E-state index contributed by atoms with van der Waals surface area (Å²) in [7, 11) is 0. The Labute approximate surface area is 176 Å². The summed E-state index contributed by atoms with van der Waals surface area (Å²) in [5.41, 5.74) is 2.20. The Morgan fingerprint density at radius 3 is 2.33 bits per heavy atom. The van der Waals surface area contributed by atoms with Gasteiger partial charge in [0.05, 0.1) is 11.6 Å². The number of carboxylic acid groups (broad SMARTS) is 1. The molecule has 2 aromatic carbocycles. The van der Waals surface area contributed by atoms with Crippen LogP contribution < -0.4 is 10.1 Å². The average molecular weight is 413 g/mol. The van der Waals surface area contributed by atoms with Gasteiger partial charge in [0.25, 0.3) is 0 Å². The molecule has 0 radical (unpaired) electrons. The Hall–Kier alpha value is -3.35. The average Bonchev–Trinajstić information content (AvgIpc) is 2.66. The number of aromatic carboxylic acids is 1. The van der Waals surface area contributed by atoms with E-state index in [0.717, 1.165) is 16.7 Å². The van der Waals surface area contributed by atoms with Crippen LogP contribution in [0.5, 0.6) is 5.75 Å². The Balaban J connectivity index is 1.92. The van der Waals surface area contributed by atoms with Crippen molar-refractivity contribution in [2.45, 2.75) is 52.4 Å². The first kappa shape index (κ1) is 22.9. The lowest BCUT2D eigenvalue weighted by molar-refractivity contribution is -0.109. The highest BCUT2D eigenvalue weighted by Crippen LogP contribution is 2.18. The number of hydrogen-bond acceptors (Lipinski definition) is 5. The van der Waals surface area contributed by atoms with Gasteiger partial charge in [0.1, 0.15) is 24.2 Å². The largest absolute Gasteiger partial charge is 0.489 e. The molecule has 7 nitrogen and oxygen atoms in total. The summed E-state index contributed by atoms with van der Waals surface area (Å²) in [4.78, 5) is 34.1. The first-order chi connectivity index (χ1) is 14.1. The van der Waals surface area contributed by atoms with Crippen molar-refractivity contribution in [3.8, 4) is 5.75 Å². The van der Waals surface area contributed by atoms with E-state index in [2.05, 4.69) is 5.32 Å². The highest BCUT2D eigenvalue weighted by atomic mass is 16.6. The summed E-state index contributed by atoms with van der Waals surface area (Å²) in [5, 5.41) is 11.6. The number of ether oxygens (including phenoxy) is 2. The van der Waals surface area contributed by atoms with Crippen molar-refractivity contribution in [3.05, 3.63) is 64.7 Å². The van der Waals surface area contributed by atoms with Crippen LogP contribution in [-0.4, -0.2) is 35.1 Å². The number of aldehydes is 1. The Kier molecular flexibility index (Phi) is 7.58. The number of rotatable bonds is 8. The van der Waals surface area contributed by atoms with Gasteiger partial charge in [0, 0.05) is 0 Å². The maximum absolute atomic E-state index is 11.8. The van der Waals surface area contributed by atoms with Crippen LogP contribution in [-0.2, 0) is 22.6 Å². The minimum Gasteiger partial charge on any atom is -0.489 e. The molecule has 0 aliphatic carbocycles. The van der Waals surface area contributed by atoms with Gasteiger partial charge in [-0.3, -0.25) is 0 Å². The van der Waals surface area contributed by atoms with Crippen LogP contribution in [0, 0.1) is 6.92 Å². The molecule has 0 saturated heterocycles. The molecule has 1 unspecified atom stereocenters. The van der Waals surface area contributed by atoms with Crippen molar-refractivity contribution in [1.82, 2.24) is 5.32 Å². The molecule has 1 amide bonds. The summed E-state index contributed by atoms with van der Waals surface area (Å²) in [6.07, 6.45) is 0.375. The van der Waals surface area contributed by atoms with Crippen molar-refractivity contribution < 1.29 is 29.0 Å². The van der Waals surface area contributed by atoms with E-state index in [4.69, 9.17) is 14.6 Å². The number of amides is 1. The van der Waals surface area contributed by atoms with Crippen molar-refractivity contribution in [2.75, 3.05) is 0 Å². The van der Waals surface area contributed by atoms with Crippen LogP contribution in [0.2, 0.25) is 0 Å². The summed E-state index contributed by atoms with van der Waals surface area (Å²) < 4.78 is 10.9. The second-order valence-electron chi connectivity index (χ2n) is 7.97. The van der Waals surface area contributed by atoms with Gasteiger partial charge in [-0.15, -0.1) is 0 Å². The van der Waals surface area contributed by atoms with Gasteiger partial charge >= 0.3 is 12.1 Å². The molecule has 160 valence electrons. The van der Waals surface area contributed by atoms with Gasteiger partial charge in [-0.05, 0) is 75.1 Å². The number of carbonyl (C=O) groups is 3. The van der Waals surface area contributed by atoms with Crippen LogP contribution in [0.4, 0.5) is 4.79 Å². The zero-order valence-corrected chi connectivity index (χ0v) is 17.6. The molecule has 0 bridgehead atoms. The summed E-state index contributed by atoms with van der Waals surface area (Å²) >= 11 is 0. The number of carboxylic acids is 1. The number of aryl methyl sites for hydroxylation is 1. The SMILES string of the molecule is Cc1cc(C(=O)O)ccc1COc1ccc(CC(C=O)NC(=O)OC(C)(C)C)cc1. The fourth-order valence-electron chi connectivity index (χ4n) is 2.72. The third-order valence-corrected chi connectivity index (χ3v) is 4.23. The van der Waals surface area contributed by atoms with Crippen molar-refractivity contribution >= 4 is 18.3 Å². The molecule has 0 aliphatic heterocycles. The van der Waals surface area contributed by atoms with Gasteiger partial charge in [-0.25, -0.2) is 9.59 Å². The third-order valence-electron chi connectivity index (χ3n) is 4.23. The summed E-state index contributed by atoms with van der Waals surface area (Å²) in [6, 6.07) is 11.4. The van der Waals surface area contributed by atoms with E-state index in [1.54, 1.807) is 51.1 Å². The molecule has 0 aliphatic rings. The van der Waals surface area contributed by atoms with Crippen LogP contribution in [0.3, 0.4) is 0 Å². The first-order valence-electron chi connectivity index (χ1n) is 9.57. The molecule has 2 aromatic rings. The zero-order chi connectivity index (χ0) is 22.3. The van der Waals surface area contributed by atoms with E-state index in [1.807, 2.05) is 19.1 Å². The van der Waals surface area contributed by atoms with E-state index < -0.39 is 23.7 Å². The summed E-state index contributed by atoms with van der Waals surface area (Å²) in [5.74, 6) is -0.320. The number of nitrogens with one attached hydrogen (secondary N) is 1. The molecule has 0 spiro atoms. The predicted octanol–water partition coefficient (Wildman–Crippen LogP) is 3.91. The molecule has 1 atom stereocenters. The van der Waals surface area contributed by atoms with E-state index in [9.17, 15) is 14.4 Å². The van der Waals surface area contributed by atoms with Crippen LogP contribution in [0.25, 0.3) is 0 Å². The first-order valence-corrected chi connectivity index (χ1v) is 9.57. The van der Waals surface area contributed by atoms with E-state index in [1.165, 1.54) is 0 Å². The molecule has 0 saturated carbocycles. The lowest BCUT2D eigenvalue weighted by atomic mass is 10.1. The van der Waals surface area contributed by atoms with Crippen LogP contribution in [0.15, 0.2) is 42.5 Å². The predicted molar refractivity (Wildman–Crippen MR) is 112 cm³/mol. The molecule has 0 heterocycles. The highest BCUT2D eigenvalue weighted by Gasteiger charge is 2.19. The maximum Gasteiger partial charge on any atom is 0.408 e. The zero-order valence-electron chi connectivity index (χ0n) is 17.6. The molecule has 30 heavy (non-hydrogen) atoms. The lowest BCUT2D eigenvalue weighted by Gasteiger charge is -2.21. The van der Waals surface area contributed by atoms with Crippen molar-refractivity contribution in [1.29, 1.82) is 0 Å². The topological polar surface area (TPSA) is 102 Å². The smallest absolute Gasteiger partial charge is 0.408 e. The highest BCUT2D eigenvalue weighted by molar-refractivity contribution is 5.87. The molecule has 0 aromatic heterocycles. The van der Waals surface area contributed by atoms with E-state index in [-0.39, 0.29) is 5.56 Å². The third kappa shape index (κ3) is 7.24. The minimum absolute atomic E-state index is 0.241. The van der Waals surface area contributed by atoms with Crippen molar-refractivity contribution in [2.24, 2.45) is 0 Å². The normalized spacial score (nSPS) is 12.0. The van der Waals surface area contributed by atoms with Gasteiger partial charge in [-0.1, -0.05) is 18.2 Å². The van der Waals surface area contributed by atoms with Crippen LogP contribution >= 0.6 is 0 Å². The molecule has 7 heteroatoms. The number of carbonyl (C=O) groups excluding carboxylic acids is 2. The Morgan fingerprint density at radius 1 is 1.13 bits per heavy atom. The van der Waals surface area contributed by atoms with E-state index >= 15 is 0 Å². The lowest BCUT2D eigenvalue weighted by Crippen LogP contribution is -2.41. The molecule has 0 fully saturated rings. The van der Waals surface area contributed by atoms with Gasteiger partial charge in [0.15, 0.2) is 0 Å². The number of benzene rings is 2. The molecular formula is C23H27NO6. The molecule has 2 N–H and O–H groups in total. The fraction of sp³-hybridized carbons (Fsp3) is 0.348.